The summed E-state index contributed by atoms with van der Waals surface area (Å²) in [5.41, 5.74) is 1.50. The number of phenolic OH excluding ortho intramolecular Hbond substituents is 1. The lowest BCUT2D eigenvalue weighted by atomic mass is 10.1. The van der Waals surface area contributed by atoms with Crippen molar-refractivity contribution in [3.63, 3.8) is 0 Å². The number of hydrogen-bond acceptors (Lipinski definition) is 5. The fourth-order valence-electron chi connectivity index (χ4n) is 1.46. The maximum absolute atomic E-state index is 11.2. The number of carbonyl (C=O) groups excluding carboxylic acids is 1. The number of carbonyl (C=O) groups is 1. The molecule has 1 aromatic carbocycles. The summed E-state index contributed by atoms with van der Waals surface area (Å²) in [4.78, 5) is 16.1. The fourth-order valence-corrected chi connectivity index (χ4v) is 1.46. The number of esters is 1. The molecule has 1 aliphatic heterocycles. The lowest BCUT2D eigenvalue weighted by molar-refractivity contribution is -0.152. The zero-order valence-corrected chi connectivity index (χ0v) is 8.71. The average Bonchev–Trinajstić information content (AvgIpc) is 2.78. The first-order chi connectivity index (χ1) is 7.70. The Bertz CT molecular complexity index is 424. The number of aromatic hydroxyl groups is 1. The molecular weight excluding hydrogens is 210 g/mol. The van der Waals surface area contributed by atoms with Gasteiger partial charge in [-0.2, -0.15) is 0 Å². The van der Waals surface area contributed by atoms with Crippen LogP contribution in [0.1, 0.15) is 12.0 Å². The van der Waals surface area contributed by atoms with Crippen LogP contribution in [-0.4, -0.2) is 30.0 Å². The first-order valence-electron chi connectivity index (χ1n) is 4.80. The van der Waals surface area contributed by atoms with Gasteiger partial charge in [0.1, 0.15) is 5.75 Å². The van der Waals surface area contributed by atoms with Crippen molar-refractivity contribution in [2.45, 2.75) is 12.5 Å². The van der Waals surface area contributed by atoms with Gasteiger partial charge in [-0.1, -0.05) is 5.16 Å². The molecule has 1 aromatic rings. The molecule has 0 radical (unpaired) electrons. The van der Waals surface area contributed by atoms with E-state index in [-0.39, 0.29) is 5.75 Å². The van der Waals surface area contributed by atoms with Gasteiger partial charge in [0.25, 0.3) is 0 Å². The van der Waals surface area contributed by atoms with Crippen molar-refractivity contribution in [3.05, 3.63) is 29.8 Å². The number of ether oxygens (including phenoxy) is 1. The van der Waals surface area contributed by atoms with Crippen molar-refractivity contribution in [1.29, 1.82) is 0 Å². The minimum absolute atomic E-state index is 0.188. The van der Waals surface area contributed by atoms with Crippen LogP contribution in [0.3, 0.4) is 0 Å². The predicted molar refractivity (Wildman–Crippen MR) is 56.1 cm³/mol. The molecule has 2 rings (SSSR count). The molecule has 0 fully saturated rings. The number of benzene rings is 1. The number of oxime groups is 1. The normalized spacial score (nSPS) is 18.8. The van der Waals surface area contributed by atoms with Crippen LogP contribution in [-0.2, 0) is 14.4 Å². The minimum Gasteiger partial charge on any atom is -0.508 e. The summed E-state index contributed by atoms with van der Waals surface area (Å²) in [6.07, 6.45) is -0.272. The van der Waals surface area contributed by atoms with E-state index in [0.29, 0.717) is 12.1 Å². The van der Waals surface area contributed by atoms with Gasteiger partial charge in [0.15, 0.2) is 0 Å². The average molecular weight is 221 g/mol. The summed E-state index contributed by atoms with van der Waals surface area (Å²) in [7, 11) is 1.31. The number of rotatable bonds is 2. The molecule has 0 aliphatic carbocycles. The van der Waals surface area contributed by atoms with Gasteiger partial charge in [-0.25, -0.2) is 4.79 Å². The summed E-state index contributed by atoms with van der Waals surface area (Å²) in [5.74, 6) is -0.245. The van der Waals surface area contributed by atoms with E-state index in [1.807, 2.05) is 0 Å². The van der Waals surface area contributed by atoms with Crippen LogP contribution in [0.4, 0.5) is 0 Å². The lowest BCUT2D eigenvalue weighted by Gasteiger charge is -2.04. The Kier molecular flexibility index (Phi) is 2.76. The van der Waals surface area contributed by atoms with Crippen LogP contribution in [0.5, 0.6) is 5.75 Å². The molecule has 84 valence electrons. The number of phenols is 1. The van der Waals surface area contributed by atoms with Gasteiger partial charge in [0.05, 0.1) is 12.8 Å². The molecule has 0 spiro atoms. The third-order valence-corrected chi connectivity index (χ3v) is 2.33. The second-order valence-electron chi connectivity index (χ2n) is 3.41. The highest BCUT2D eigenvalue weighted by atomic mass is 16.7. The van der Waals surface area contributed by atoms with E-state index in [0.717, 1.165) is 5.56 Å². The van der Waals surface area contributed by atoms with Gasteiger partial charge in [0.2, 0.25) is 6.10 Å². The Labute approximate surface area is 92.3 Å². The van der Waals surface area contributed by atoms with Crippen LogP contribution in [0, 0.1) is 0 Å². The molecule has 1 atom stereocenters. The van der Waals surface area contributed by atoms with Crippen molar-refractivity contribution in [2.24, 2.45) is 5.16 Å². The summed E-state index contributed by atoms with van der Waals surface area (Å²) in [6.45, 7) is 0. The molecule has 0 bridgehead atoms. The number of methoxy groups -OCH3 is 1. The Hall–Kier alpha value is -2.04. The SMILES string of the molecule is COC(=O)[C@@H]1CC(c2ccc(O)cc2)=NO1. The van der Waals surface area contributed by atoms with Crippen LogP contribution >= 0.6 is 0 Å². The number of hydrogen-bond donors (Lipinski definition) is 1. The molecule has 0 saturated carbocycles. The van der Waals surface area contributed by atoms with Crippen molar-refractivity contribution in [1.82, 2.24) is 0 Å². The van der Waals surface area contributed by atoms with Crippen LogP contribution in [0.15, 0.2) is 29.4 Å². The first-order valence-corrected chi connectivity index (χ1v) is 4.80. The first kappa shape index (κ1) is 10.5. The Morgan fingerprint density at radius 3 is 2.81 bits per heavy atom. The Morgan fingerprint density at radius 2 is 2.19 bits per heavy atom. The van der Waals surface area contributed by atoms with Gasteiger partial charge in [-0.3, -0.25) is 0 Å². The molecule has 1 aliphatic rings. The summed E-state index contributed by atoms with van der Waals surface area (Å²) < 4.78 is 4.56. The summed E-state index contributed by atoms with van der Waals surface area (Å²) in [6, 6.07) is 6.56. The highest BCUT2D eigenvalue weighted by Gasteiger charge is 2.29. The van der Waals surface area contributed by atoms with E-state index >= 15 is 0 Å². The minimum atomic E-state index is -0.659. The number of nitrogens with zero attached hydrogens (tertiary/aromatic N) is 1. The molecular formula is C11H11NO4. The maximum atomic E-state index is 11.2. The van der Waals surface area contributed by atoms with Gasteiger partial charge < -0.3 is 14.7 Å². The Balaban J connectivity index is 2.08. The molecule has 5 heteroatoms. The molecule has 0 unspecified atom stereocenters. The molecule has 0 saturated heterocycles. The van der Waals surface area contributed by atoms with Gasteiger partial charge in [0, 0.05) is 6.42 Å². The quantitative estimate of drug-likeness (QED) is 0.758. The molecule has 16 heavy (non-hydrogen) atoms. The summed E-state index contributed by atoms with van der Waals surface area (Å²) in [5, 5.41) is 13.0. The standard InChI is InChI=1S/C11H11NO4/c1-15-11(14)10-6-9(12-16-10)7-2-4-8(13)5-3-7/h2-5,10,13H,6H2,1H3/t10-/m0/s1. The lowest BCUT2D eigenvalue weighted by Crippen LogP contribution is -2.22. The van der Waals surface area contributed by atoms with E-state index < -0.39 is 12.1 Å². The van der Waals surface area contributed by atoms with Crippen molar-refractivity contribution < 1.29 is 19.5 Å². The van der Waals surface area contributed by atoms with Crippen molar-refractivity contribution in [3.8, 4) is 5.75 Å². The highest BCUT2D eigenvalue weighted by Crippen LogP contribution is 2.19. The second kappa shape index (κ2) is 4.22. The third kappa shape index (κ3) is 1.98. The topological polar surface area (TPSA) is 68.1 Å². The largest absolute Gasteiger partial charge is 0.508 e. The van der Waals surface area contributed by atoms with Gasteiger partial charge >= 0.3 is 5.97 Å². The molecule has 5 nitrogen and oxygen atoms in total. The highest BCUT2D eigenvalue weighted by molar-refractivity contribution is 6.03. The zero-order chi connectivity index (χ0) is 11.5. The predicted octanol–water partition coefficient (Wildman–Crippen LogP) is 1.06. The second-order valence-corrected chi connectivity index (χ2v) is 3.41. The van der Waals surface area contributed by atoms with E-state index in [1.165, 1.54) is 7.11 Å². The smallest absolute Gasteiger partial charge is 0.350 e. The van der Waals surface area contributed by atoms with E-state index in [4.69, 9.17) is 9.94 Å². The monoisotopic (exact) mass is 221 g/mol. The molecule has 1 heterocycles. The Morgan fingerprint density at radius 1 is 1.50 bits per heavy atom. The van der Waals surface area contributed by atoms with Gasteiger partial charge in [-0.15, -0.1) is 0 Å². The molecule has 0 amide bonds. The van der Waals surface area contributed by atoms with Crippen LogP contribution in [0.2, 0.25) is 0 Å². The molecule has 0 aromatic heterocycles. The third-order valence-electron chi connectivity index (χ3n) is 2.33. The van der Waals surface area contributed by atoms with E-state index in [2.05, 4.69) is 9.89 Å². The van der Waals surface area contributed by atoms with Crippen LogP contribution < -0.4 is 0 Å². The van der Waals surface area contributed by atoms with E-state index in [1.54, 1.807) is 24.3 Å². The maximum Gasteiger partial charge on any atom is 0.350 e. The van der Waals surface area contributed by atoms with Crippen molar-refractivity contribution in [2.75, 3.05) is 7.11 Å². The van der Waals surface area contributed by atoms with Crippen molar-refractivity contribution >= 4 is 11.7 Å². The van der Waals surface area contributed by atoms with Gasteiger partial charge in [-0.05, 0) is 29.8 Å². The summed E-state index contributed by atoms with van der Waals surface area (Å²) >= 11 is 0. The molecule has 1 N–H and O–H groups in total. The van der Waals surface area contributed by atoms with Crippen LogP contribution in [0.25, 0.3) is 0 Å². The van der Waals surface area contributed by atoms with E-state index in [9.17, 15) is 4.79 Å². The fraction of sp³-hybridized carbons (Fsp3) is 0.273. The zero-order valence-electron chi connectivity index (χ0n) is 8.71.